The Bertz CT molecular complexity index is 2860. The summed E-state index contributed by atoms with van der Waals surface area (Å²) in [5.74, 6) is -6.88. The molecule has 0 aliphatic carbocycles. The van der Waals surface area contributed by atoms with Gasteiger partial charge in [0.2, 0.25) is 24.8 Å². The van der Waals surface area contributed by atoms with Crippen LogP contribution in [0.1, 0.15) is 76.7 Å². The van der Waals surface area contributed by atoms with Crippen molar-refractivity contribution < 1.29 is 105 Å². The van der Waals surface area contributed by atoms with Crippen molar-refractivity contribution in [1.29, 1.82) is 0 Å². The van der Waals surface area contributed by atoms with Gasteiger partial charge in [0, 0.05) is 74.2 Å². The summed E-state index contributed by atoms with van der Waals surface area (Å²) in [7, 11) is 2.12. The maximum atomic E-state index is 14.9. The molecule has 78 heavy (non-hydrogen) atoms. The number of thiophene rings is 1. The van der Waals surface area contributed by atoms with Crippen LogP contribution in [0.5, 0.6) is 17.2 Å². The fourth-order valence-electron chi connectivity index (χ4n) is 9.20. The smallest absolute Gasteiger partial charge is 0.339 e. The van der Waals surface area contributed by atoms with Gasteiger partial charge in [0.25, 0.3) is 0 Å². The Kier molecular flexibility index (Phi) is 19.4. The van der Waals surface area contributed by atoms with Crippen molar-refractivity contribution in [3.63, 3.8) is 0 Å². The minimum atomic E-state index is -1.72. The largest absolute Gasteiger partial charge is 0.492 e. The van der Waals surface area contributed by atoms with Gasteiger partial charge in [0.05, 0.1) is 14.2 Å². The summed E-state index contributed by atoms with van der Waals surface area (Å²) in [6, 6.07) is 17.7. The molecule has 3 aromatic carbocycles. The Balaban J connectivity index is 1.25. The number of likely N-dealkylation sites (tertiary alicyclic amines) is 1. The minimum absolute atomic E-state index is 0.0745. The number of hydrogen-bond acceptors (Lipinski definition) is 24. The van der Waals surface area contributed by atoms with Crippen LogP contribution >= 0.6 is 11.3 Å². The maximum Gasteiger partial charge on any atom is 0.339 e. The first-order valence-electron chi connectivity index (χ1n) is 24.7. The topological polar surface area (TPSA) is 277 Å². The number of benzene rings is 3. The van der Waals surface area contributed by atoms with Gasteiger partial charge in [-0.25, -0.2) is 9.59 Å². The molecular formula is C54H59NO22S. The highest BCUT2D eigenvalue weighted by Gasteiger charge is 2.57. The lowest BCUT2D eigenvalue weighted by Crippen LogP contribution is -2.64. The fourth-order valence-corrected chi connectivity index (χ4v) is 10.4. The Morgan fingerprint density at radius 1 is 0.526 bits per heavy atom. The molecule has 0 radical (unpaired) electrons. The summed E-state index contributed by atoms with van der Waals surface area (Å²) in [5, 5.41) is 0.475. The number of hydrogen-bond donors (Lipinski definition) is 0. The van der Waals surface area contributed by atoms with Crippen LogP contribution in [0.15, 0.2) is 66.7 Å². The van der Waals surface area contributed by atoms with Crippen LogP contribution < -0.4 is 14.2 Å². The summed E-state index contributed by atoms with van der Waals surface area (Å²) in [6.07, 6.45) is -12.9. The molecular weight excluding hydrogens is 1050 g/mol. The Morgan fingerprint density at radius 2 is 0.962 bits per heavy atom. The van der Waals surface area contributed by atoms with Crippen LogP contribution in [0, 0.1) is 0 Å². The number of esters is 8. The number of rotatable bonds is 19. The van der Waals surface area contributed by atoms with E-state index in [1.165, 1.54) is 36.0 Å². The monoisotopic (exact) mass is 1110 g/mol. The Morgan fingerprint density at radius 3 is 1.44 bits per heavy atom. The van der Waals surface area contributed by atoms with E-state index in [1.807, 2.05) is 0 Å². The lowest BCUT2D eigenvalue weighted by atomic mass is 9.97. The molecule has 3 aliphatic rings. The summed E-state index contributed by atoms with van der Waals surface area (Å²) in [6.45, 7) is 9.67. The molecule has 4 aromatic rings. The first-order chi connectivity index (χ1) is 37.2. The summed E-state index contributed by atoms with van der Waals surface area (Å²) in [5.41, 5.74) is 1.10. The quantitative estimate of drug-likeness (QED) is 0.0692. The van der Waals surface area contributed by atoms with Crippen molar-refractivity contribution in [1.82, 2.24) is 4.90 Å². The van der Waals surface area contributed by atoms with Crippen molar-refractivity contribution in [3.05, 3.63) is 77.9 Å². The van der Waals surface area contributed by atoms with Gasteiger partial charge in [-0.05, 0) is 98.2 Å². The summed E-state index contributed by atoms with van der Waals surface area (Å²) >= 11 is 1.18. The molecule has 23 nitrogen and oxygen atoms in total. The zero-order chi connectivity index (χ0) is 56.4. The van der Waals surface area contributed by atoms with Gasteiger partial charge in [-0.2, -0.15) is 0 Å². The van der Waals surface area contributed by atoms with Crippen LogP contribution in [0.25, 0.3) is 20.5 Å². The second-order valence-corrected chi connectivity index (χ2v) is 19.2. The van der Waals surface area contributed by atoms with Crippen LogP contribution in [0.2, 0.25) is 0 Å². The second kappa shape index (κ2) is 26.1. The minimum Gasteiger partial charge on any atom is -0.492 e. The van der Waals surface area contributed by atoms with Crippen LogP contribution in [-0.4, -0.2) is 160 Å². The molecule has 10 atom stereocenters. The van der Waals surface area contributed by atoms with Gasteiger partial charge < -0.3 is 61.6 Å². The molecule has 1 aromatic heterocycles. The molecule has 0 N–H and O–H groups in total. The number of nitrogens with zero attached hydrogens (tertiary/aromatic N) is 1. The van der Waals surface area contributed by atoms with E-state index in [4.69, 9.17) is 61.6 Å². The molecule has 3 fully saturated rings. The highest BCUT2D eigenvalue weighted by molar-refractivity contribution is 7.22. The SMILES string of the molecule is COC(=O)[C@H]1O[C@@H](Oc2ccc(-c3sc4cc(O[C@@H]5O[C@H](C(=O)OC)[C@@H](OC(C)=O)[C@H](OC(C)=O)[C@H]5OC(C)=O)ccc4c3C(=O)c3ccc(OCCN4CCCCC4)cc3)cc2)[C@H](OC(C)=O)[C@@H](OC(C)=O)[C@@H]1OC(C)=O. The van der Waals surface area contributed by atoms with Gasteiger partial charge in [0.15, 0.2) is 42.4 Å². The zero-order valence-electron chi connectivity index (χ0n) is 43.9. The third-order valence-corrected chi connectivity index (χ3v) is 13.6. The number of ether oxygens (including phenoxy) is 13. The van der Waals surface area contributed by atoms with Gasteiger partial charge in [-0.3, -0.25) is 38.5 Å². The standard InChI is InChI=1S/C54H59NO22S/c1-27(56)68-42-44(70-29(3)58)48(72-31(5)60)53(76-46(42)51(63)65-7)74-36-18-14-34(15-19-36)50-40(41(62)33-12-16-35(17-13-33)67-25-24-55-22-10-9-11-23-55)38-21-20-37(26-39(38)78-50)75-54-49(73-32(6)61)45(71-30(4)59)43(69-28(2)57)47(77-54)52(64)66-8/h12-21,26,42-49,53-54H,9-11,22-25H2,1-8H3/t42-,43-,44-,45-,46-,47-,48+,49+,53+,54+/m0/s1. The number of carbonyl (C=O) groups is 9. The van der Waals surface area contributed by atoms with Crippen molar-refractivity contribution in [2.75, 3.05) is 40.5 Å². The van der Waals surface area contributed by atoms with Gasteiger partial charge in [0.1, 0.15) is 23.9 Å². The van der Waals surface area contributed by atoms with Crippen molar-refractivity contribution in [2.24, 2.45) is 0 Å². The lowest BCUT2D eigenvalue weighted by Gasteiger charge is -2.43. The molecule has 0 bridgehead atoms. The van der Waals surface area contributed by atoms with E-state index in [0.717, 1.165) is 88.2 Å². The molecule has 7 rings (SSSR count). The molecule has 24 heteroatoms. The fraction of sp³-hybridized carbons (Fsp3) is 0.463. The summed E-state index contributed by atoms with van der Waals surface area (Å²) < 4.78 is 73.5. The molecule has 3 saturated heterocycles. The molecule has 0 spiro atoms. The van der Waals surface area contributed by atoms with Gasteiger partial charge in [-0.15, -0.1) is 11.3 Å². The van der Waals surface area contributed by atoms with E-state index >= 15 is 0 Å². The van der Waals surface area contributed by atoms with Crippen molar-refractivity contribution in [3.8, 4) is 27.7 Å². The molecule has 0 amide bonds. The molecule has 0 saturated carbocycles. The van der Waals surface area contributed by atoms with Crippen molar-refractivity contribution >= 4 is 75.0 Å². The predicted molar refractivity (Wildman–Crippen MR) is 269 cm³/mol. The number of fused-ring (bicyclic) bond motifs is 1. The first kappa shape index (κ1) is 58.0. The third kappa shape index (κ3) is 14.3. The van der Waals surface area contributed by atoms with Crippen LogP contribution in [-0.2, 0) is 85.7 Å². The zero-order valence-corrected chi connectivity index (χ0v) is 44.7. The third-order valence-electron chi connectivity index (χ3n) is 12.4. The summed E-state index contributed by atoms with van der Waals surface area (Å²) in [4.78, 5) is 118. The highest BCUT2D eigenvalue weighted by atomic mass is 32.1. The Hall–Kier alpha value is -7.67. The van der Waals surface area contributed by atoms with Crippen molar-refractivity contribution in [2.45, 2.75) is 122 Å². The number of methoxy groups -OCH3 is 2. The van der Waals surface area contributed by atoms with E-state index in [9.17, 15) is 43.2 Å². The second-order valence-electron chi connectivity index (χ2n) is 18.2. The van der Waals surface area contributed by atoms with Gasteiger partial charge >= 0.3 is 47.8 Å². The molecule has 418 valence electrons. The molecule has 0 unspecified atom stereocenters. The maximum absolute atomic E-state index is 14.9. The van der Waals surface area contributed by atoms with E-state index in [2.05, 4.69) is 4.90 Å². The predicted octanol–water partition coefficient (Wildman–Crippen LogP) is 4.81. The lowest BCUT2D eigenvalue weighted by molar-refractivity contribution is -0.282. The van der Waals surface area contributed by atoms with Crippen LogP contribution in [0.4, 0.5) is 0 Å². The highest BCUT2D eigenvalue weighted by Crippen LogP contribution is 2.43. The number of carbonyl (C=O) groups excluding carboxylic acids is 9. The first-order valence-corrected chi connectivity index (χ1v) is 25.6. The van der Waals surface area contributed by atoms with E-state index in [0.29, 0.717) is 38.4 Å². The van der Waals surface area contributed by atoms with E-state index in [1.54, 1.807) is 48.5 Å². The number of ketones is 1. The molecule has 4 heterocycles. The van der Waals surface area contributed by atoms with E-state index in [-0.39, 0.29) is 22.8 Å². The van der Waals surface area contributed by atoms with Crippen LogP contribution in [0.3, 0.4) is 0 Å². The average Bonchev–Trinajstić information content (AvgIpc) is 3.96. The normalized spacial score (nSPS) is 24.1. The Labute approximate surface area is 451 Å². The van der Waals surface area contributed by atoms with E-state index < -0.39 is 109 Å². The van der Waals surface area contributed by atoms with Gasteiger partial charge in [-0.1, -0.05) is 6.42 Å². The molecule has 3 aliphatic heterocycles. The average molecular weight is 1110 g/mol. The number of piperidine rings is 1.